The number of rotatable bonds is 3. The van der Waals surface area contributed by atoms with Crippen molar-refractivity contribution in [2.75, 3.05) is 13.2 Å². The maximum absolute atomic E-state index is 12.7. The molecule has 114 valence electrons. The van der Waals surface area contributed by atoms with Gasteiger partial charge in [-0.3, -0.25) is 4.79 Å². The largest absolute Gasteiger partial charge is 0.464 e. The molecule has 21 heavy (non-hydrogen) atoms. The van der Waals surface area contributed by atoms with Gasteiger partial charge in [0.05, 0.1) is 6.61 Å². The number of nitrogens with zero attached hydrogens (tertiary/aromatic N) is 2. The molecule has 1 atom stereocenters. The minimum atomic E-state index is -0.916. The van der Waals surface area contributed by atoms with Gasteiger partial charge in [-0.1, -0.05) is 11.6 Å². The third kappa shape index (κ3) is 3.18. The van der Waals surface area contributed by atoms with E-state index in [2.05, 4.69) is 4.98 Å². The van der Waals surface area contributed by atoms with Crippen LogP contribution in [-0.2, 0) is 9.53 Å². The van der Waals surface area contributed by atoms with Crippen LogP contribution in [0.15, 0.2) is 18.3 Å². The number of ether oxygens (including phenoxy) is 1. The predicted octanol–water partition coefficient (Wildman–Crippen LogP) is 2.68. The third-order valence-corrected chi connectivity index (χ3v) is 4.03. The monoisotopic (exact) mass is 310 g/mol. The molecule has 0 aromatic carbocycles. The molecular weight excluding hydrogens is 292 g/mol. The van der Waals surface area contributed by atoms with Crippen molar-refractivity contribution in [1.82, 2.24) is 9.88 Å². The highest BCUT2D eigenvalue weighted by Crippen LogP contribution is 2.31. The van der Waals surface area contributed by atoms with Crippen LogP contribution in [0, 0.1) is 0 Å². The molecule has 0 saturated carbocycles. The fourth-order valence-electron chi connectivity index (χ4n) is 2.64. The number of piperidine rings is 1. The fourth-order valence-corrected chi connectivity index (χ4v) is 2.81. The van der Waals surface area contributed by atoms with Crippen LogP contribution in [0.4, 0.5) is 0 Å². The van der Waals surface area contributed by atoms with Crippen molar-refractivity contribution in [2.45, 2.75) is 38.6 Å². The number of carbonyl (C=O) groups is 2. The van der Waals surface area contributed by atoms with Gasteiger partial charge in [-0.05, 0) is 45.2 Å². The van der Waals surface area contributed by atoms with Crippen LogP contribution in [0.2, 0.25) is 5.15 Å². The van der Waals surface area contributed by atoms with Crippen LogP contribution in [0.25, 0.3) is 0 Å². The number of amides is 1. The Hall–Kier alpha value is -1.62. The van der Waals surface area contributed by atoms with Gasteiger partial charge in [0.2, 0.25) is 0 Å². The number of likely N-dealkylation sites (tertiary alicyclic amines) is 1. The molecule has 1 aromatic rings. The van der Waals surface area contributed by atoms with Crippen LogP contribution < -0.4 is 0 Å². The first kappa shape index (κ1) is 15.8. The van der Waals surface area contributed by atoms with E-state index < -0.39 is 5.54 Å². The lowest BCUT2D eigenvalue weighted by atomic mass is 9.87. The summed E-state index contributed by atoms with van der Waals surface area (Å²) in [6.07, 6.45) is 3.87. The van der Waals surface area contributed by atoms with E-state index in [1.807, 2.05) is 0 Å². The number of hydrogen-bond donors (Lipinski definition) is 0. The van der Waals surface area contributed by atoms with Gasteiger partial charge in [0.25, 0.3) is 5.91 Å². The smallest absolute Gasteiger partial charge is 0.331 e. The van der Waals surface area contributed by atoms with Crippen molar-refractivity contribution in [2.24, 2.45) is 0 Å². The summed E-state index contributed by atoms with van der Waals surface area (Å²) in [5.74, 6) is -0.562. The minimum Gasteiger partial charge on any atom is -0.464 e. The second-order valence-electron chi connectivity index (χ2n) is 5.28. The van der Waals surface area contributed by atoms with E-state index in [1.54, 1.807) is 24.8 Å². The molecule has 1 saturated heterocycles. The van der Waals surface area contributed by atoms with Gasteiger partial charge in [-0.2, -0.15) is 0 Å². The van der Waals surface area contributed by atoms with Crippen molar-refractivity contribution >= 4 is 23.5 Å². The number of aromatic nitrogens is 1. The first-order valence-electron chi connectivity index (χ1n) is 7.10. The molecule has 0 radical (unpaired) electrons. The summed E-state index contributed by atoms with van der Waals surface area (Å²) in [6, 6.07) is 3.12. The standard InChI is InChI=1S/C15H19ClN2O3/c1-3-21-14(20)15(2)7-4-5-9-18(15)13(19)11-6-8-17-12(16)10-11/h6,8,10H,3-5,7,9H2,1-2H3. The van der Waals surface area contributed by atoms with Gasteiger partial charge in [-0.25, -0.2) is 9.78 Å². The zero-order valence-electron chi connectivity index (χ0n) is 12.3. The predicted molar refractivity (Wildman–Crippen MR) is 79.2 cm³/mol. The van der Waals surface area contributed by atoms with E-state index in [1.165, 1.54) is 12.3 Å². The third-order valence-electron chi connectivity index (χ3n) is 3.82. The quantitative estimate of drug-likeness (QED) is 0.636. The van der Waals surface area contributed by atoms with E-state index >= 15 is 0 Å². The molecule has 1 aromatic heterocycles. The Balaban J connectivity index is 2.30. The fraction of sp³-hybridized carbons (Fsp3) is 0.533. The summed E-state index contributed by atoms with van der Waals surface area (Å²) in [4.78, 5) is 30.5. The maximum atomic E-state index is 12.7. The average Bonchev–Trinajstić information content (AvgIpc) is 2.47. The average molecular weight is 311 g/mol. The second kappa shape index (κ2) is 6.43. The minimum absolute atomic E-state index is 0.213. The molecule has 0 N–H and O–H groups in total. The molecule has 1 unspecified atom stereocenters. The Morgan fingerprint density at radius 2 is 2.24 bits per heavy atom. The van der Waals surface area contributed by atoms with Crippen molar-refractivity contribution in [3.63, 3.8) is 0 Å². The zero-order chi connectivity index (χ0) is 15.5. The van der Waals surface area contributed by atoms with Gasteiger partial charge >= 0.3 is 5.97 Å². The Morgan fingerprint density at radius 3 is 2.90 bits per heavy atom. The molecule has 2 rings (SSSR count). The lowest BCUT2D eigenvalue weighted by Gasteiger charge is -2.42. The van der Waals surface area contributed by atoms with Gasteiger partial charge in [-0.15, -0.1) is 0 Å². The number of pyridine rings is 1. The highest BCUT2D eigenvalue weighted by molar-refractivity contribution is 6.29. The van der Waals surface area contributed by atoms with Crippen LogP contribution in [-0.4, -0.2) is 40.5 Å². The Labute approximate surface area is 129 Å². The topological polar surface area (TPSA) is 59.5 Å². The van der Waals surface area contributed by atoms with E-state index in [9.17, 15) is 9.59 Å². The van der Waals surface area contributed by atoms with Crippen molar-refractivity contribution in [3.05, 3.63) is 29.0 Å². The van der Waals surface area contributed by atoms with Crippen molar-refractivity contribution < 1.29 is 14.3 Å². The molecule has 0 spiro atoms. The van der Waals surface area contributed by atoms with Crippen LogP contribution in [0.5, 0.6) is 0 Å². The summed E-state index contributed by atoms with van der Waals surface area (Å²) in [7, 11) is 0. The first-order valence-corrected chi connectivity index (χ1v) is 7.47. The zero-order valence-corrected chi connectivity index (χ0v) is 13.0. The molecule has 0 bridgehead atoms. The van der Waals surface area contributed by atoms with Crippen LogP contribution >= 0.6 is 11.6 Å². The molecule has 1 aliphatic rings. The molecule has 1 aliphatic heterocycles. The summed E-state index contributed by atoms with van der Waals surface area (Å²) in [5.41, 5.74) is -0.478. The Morgan fingerprint density at radius 1 is 1.48 bits per heavy atom. The molecule has 0 aliphatic carbocycles. The van der Waals surface area contributed by atoms with Gasteiger partial charge in [0, 0.05) is 18.3 Å². The molecule has 6 heteroatoms. The number of carbonyl (C=O) groups excluding carboxylic acids is 2. The lowest BCUT2D eigenvalue weighted by Crippen LogP contribution is -2.58. The molecular formula is C15H19ClN2O3. The molecule has 1 amide bonds. The normalized spacial score (nSPS) is 22.0. The SMILES string of the molecule is CCOC(=O)C1(C)CCCCN1C(=O)c1ccnc(Cl)c1. The van der Waals surface area contributed by atoms with E-state index in [0.717, 1.165) is 12.8 Å². The Bertz CT molecular complexity index is 549. The van der Waals surface area contributed by atoms with E-state index in [0.29, 0.717) is 25.1 Å². The lowest BCUT2D eigenvalue weighted by molar-refractivity contribution is -0.157. The van der Waals surface area contributed by atoms with Crippen molar-refractivity contribution in [1.29, 1.82) is 0 Å². The van der Waals surface area contributed by atoms with Crippen LogP contribution in [0.3, 0.4) is 0 Å². The number of hydrogen-bond acceptors (Lipinski definition) is 4. The molecule has 1 fully saturated rings. The van der Waals surface area contributed by atoms with Gasteiger partial charge < -0.3 is 9.64 Å². The van der Waals surface area contributed by atoms with Crippen LogP contribution in [0.1, 0.15) is 43.5 Å². The van der Waals surface area contributed by atoms with Crippen molar-refractivity contribution in [3.8, 4) is 0 Å². The van der Waals surface area contributed by atoms with Gasteiger partial charge in [0.15, 0.2) is 0 Å². The maximum Gasteiger partial charge on any atom is 0.331 e. The summed E-state index contributed by atoms with van der Waals surface area (Å²) >= 11 is 5.84. The van der Waals surface area contributed by atoms with E-state index in [4.69, 9.17) is 16.3 Å². The van der Waals surface area contributed by atoms with Gasteiger partial charge in [0.1, 0.15) is 10.7 Å². The molecule has 2 heterocycles. The Kier molecular flexibility index (Phi) is 4.83. The highest BCUT2D eigenvalue weighted by Gasteiger charge is 2.45. The first-order chi connectivity index (χ1) is 9.99. The number of esters is 1. The second-order valence-corrected chi connectivity index (χ2v) is 5.66. The van der Waals surface area contributed by atoms with E-state index in [-0.39, 0.29) is 17.0 Å². The number of halogens is 1. The summed E-state index contributed by atoms with van der Waals surface area (Å²) in [5, 5.41) is 0.260. The summed E-state index contributed by atoms with van der Waals surface area (Å²) in [6.45, 7) is 4.37. The molecule has 5 nitrogen and oxygen atoms in total. The summed E-state index contributed by atoms with van der Waals surface area (Å²) < 4.78 is 5.15. The highest BCUT2D eigenvalue weighted by atomic mass is 35.5.